The second-order valence-corrected chi connectivity index (χ2v) is 9.28. The number of aryl methyl sites for hydroxylation is 2. The molecule has 33 heavy (non-hydrogen) atoms. The molecule has 0 bridgehead atoms. The second-order valence-electron chi connectivity index (χ2n) is 7.51. The van der Waals surface area contributed by atoms with Crippen LogP contribution >= 0.6 is 0 Å². The molecule has 0 aromatic heterocycles. The van der Waals surface area contributed by atoms with Crippen LogP contribution in [0.3, 0.4) is 0 Å². The van der Waals surface area contributed by atoms with Crippen LogP contribution in [0.1, 0.15) is 40.4 Å². The van der Waals surface area contributed by atoms with E-state index in [0.29, 0.717) is 6.42 Å². The van der Waals surface area contributed by atoms with E-state index in [1.165, 1.54) is 29.8 Å². The molecule has 3 aromatic carbocycles. The molecular weight excluding hydrogens is 438 g/mol. The van der Waals surface area contributed by atoms with E-state index in [9.17, 15) is 18.0 Å². The van der Waals surface area contributed by atoms with Crippen molar-refractivity contribution >= 4 is 21.8 Å². The fourth-order valence-electron chi connectivity index (χ4n) is 3.12. The number of benzene rings is 3. The summed E-state index contributed by atoms with van der Waals surface area (Å²) < 4.78 is 27.7. The van der Waals surface area contributed by atoms with Gasteiger partial charge < -0.3 is 0 Å². The quantitative estimate of drug-likeness (QED) is 0.422. The Morgan fingerprint density at radius 1 is 0.788 bits per heavy atom. The van der Waals surface area contributed by atoms with Crippen molar-refractivity contribution in [1.82, 2.24) is 15.6 Å². The first-order chi connectivity index (χ1) is 15.9. The van der Waals surface area contributed by atoms with E-state index in [-0.39, 0.29) is 29.3 Å². The number of hydrogen-bond acceptors (Lipinski definition) is 4. The molecule has 0 fully saturated rings. The molecule has 3 aromatic rings. The summed E-state index contributed by atoms with van der Waals surface area (Å²) in [5.41, 5.74) is 7.92. The lowest BCUT2D eigenvalue weighted by Gasteiger charge is -2.10. The highest BCUT2D eigenvalue weighted by Crippen LogP contribution is 2.12. The number of hydrogen-bond donors (Lipinski definition) is 3. The average molecular weight is 466 g/mol. The van der Waals surface area contributed by atoms with Crippen molar-refractivity contribution in [2.75, 3.05) is 0 Å². The number of amides is 2. The lowest BCUT2D eigenvalue weighted by atomic mass is 10.1. The summed E-state index contributed by atoms with van der Waals surface area (Å²) >= 11 is 0. The lowest BCUT2D eigenvalue weighted by molar-refractivity contribution is -0.121. The van der Waals surface area contributed by atoms with Gasteiger partial charge in [0.2, 0.25) is 15.9 Å². The molecular formula is C25H27N3O4S. The normalized spacial score (nSPS) is 11.1. The fourth-order valence-corrected chi connectivity index (χ4v) is 4.19. The summed E-state index contributed by atoms with van der Waals surface area (Å²) in [4.78, 5) is 24.5. The molecule has 0 unspecified atom stereocenters. The number of carbonyl (C=O) groups is 2. The van der Waals surface area contributed by atoms with Crippen molar-refractivity contribution < 1.29 is 18.0 Å². The van der Waals surface area contributed by atoms with Gasteiger partial charge in [-0.05, 0) is 47.7 Å². The Hall–Kier alpha value is -3.49. The Bertz CT molecular complexity index is 1190. The number of nitrogens with one attached hydrogen (secondary N) is 3. The van der Waals surface area contributed by atoms with Crippen molar-refractivity contribution in [2.24, 2.45) is 0 Å². The third-order valence-corrected chi connectivity index (χ3v) is 6.50. The van der Waals surface area contributed by atoms with E-state index in [4.69, 9.17) is 0 Å². The molecule has 0 radical (unpaired) electrons. The van der Waals surface area contributed by atoms with Crippen LogP contribution in [0.4, 0.5) is 0 Å². The SMILES string of the molecule is CCc1ccc(CCC(=O)NNC(=O)c2cccc(S(=O)(=O)NCc3ccccc3)c2)cc1. The van der Waals surface area contributed by atoms with Crippen molar-refractivity contribution in [2.45, 2.75) is 37.6 Å². The molecule has 0 spiro atoms. The first-order valence-electron chi connectivity index (χ1n) is 10.7. The largest absolute Gasteiger partial charge is 0.273 e. The average Bonchev–Trinajstić information content (AvgIpc) is 2.86. The molecule has 0 aliphatic rings. The predicted octanol–water partition coefficient (Wildman–Crippen LogP) is 3.12. The summed E-state index contributed by atoms with van der Waals surface area (Å²) in [6, 6.07) is 22.8. The van der Waals surface area contributed by atoms with Gasteiger partial charge in [0.25, 0.3) is 5.91 Å². The summed E-state index contributed by atoms with van der Waals surface area (Å²) in [6.07, 6.45) is 1.72. The van der Waals surface area contributed by atoms with Crippen LogP contribution in [0.15, 0.2) is 83.8 Å². The minimum Gasteiger partial charge on any atom is -0.273 e. The van der Waals surface area contributed by atoms with Gasteiger partial charge in [0, 0.05) is 18.5 Å². The number of rotatable bonds is 9. The highest BCUT2D eigenvalue weighted by Gasteiger charge is 2.16. The summed E-state index contributed by atoms with van der Waals surface area (Å²) in [6.45, 7) is 2.22. The molecule has 2 amide bonds. The predicted molar refractivity (Wildman–Crippen MR) is 127 cm³/mol. The van der Waals surface area contributed by atoms with Gasteiger partial charge in [-0.2, -0.15) is 0 Å². The molecule has 0 aliphatic heterocycles. The molecule has 8 heteroatoms. The standard InChI is InChI=1S/C25H27N3O4S/c1-2-19-11-13-20(14-12-19)15-16-24(29)27-28-25(30)22-9-6-10-23(17-22)33(31,32)26-18-21-7-4-3-5-8-21/h3-14,17,26H,2,15-16,18H2,1H3,(H,27,29)(H,28,30). The van der Waals surface area contributed by atoms with Crippen LogP contribution in [0.2, 0.25) is 0 Å². The first kappa shape index (κ1) is 24.2. The molecule has 3 N–H and O–H groups in total. The van der Waals surface area contributed by atoms with Gasteiger partial charge in [-0.3, -0.25) is 20.4 Å². The third kappa shape index (κ3) is 7.27. The zero-order valence-electron chi connectivity index (χ0n) is 18.4. The Morgan fingerprint density at radius 2 is 1.48 bits per heavy atom. The minimum atomic E-state index is -3.81. The summed E-state index contributed by atoms with van der Waals surface area (Å²) in [5, 5.41) is 0. The maximum absolute atomic E-state index is 12.6. The van der Waals surface area contributed by atoms with Crippen molar-refractivity contribution in [3.05, 3.63) is 101 Å². The topological polar surface area (TPSA) is 104 Å². The van der Waals surface area contributed by atoms with Crippen molar-refractivity contribution in [3.63, 3.8) is 0 Å². The Morgan fingerprint density at radius 3 is 2.18 bits per heavy atom. The van der Waals surface area contributed by atoms with Crippen LogP contribution in [0, 0.1) is 0 Å². The Kier molecular flexibility index (Phi) is 8.34. The molecule has 0 saturated carbocycles. The third-order valence-electron chi connectivity index (χ3n) is 5.10. The van der Waals surface area contributed by atoms with Crippen molar-refractivity contribution in [3.8, 4) is 0 Å². The molecule has 0 aliphatic carbocycles. The molecule has 0 heterocycles. The van der Waals surface area contributed by atoms with Gasteiger partial charge in [-0.1, -0.05) is 67.6 Å². The monoisotopic (exact) mass is 465 g/mol. The van der Waals surface area contributed by atoms with Gasteiger partial charge in [0.05, 0.1) is 4.90 Å². The second kappa shape index (κ2) is 11.4. The maximum Gasteiger partial charge on any atom is 0.269 e. The van der Waals surface area contributed by atoms with E-state index >= 15 is 0 Å². The first-order valence-corrected chi connectivity index (χ1v) is 12.2. The van der Waals surface area contributed by atoms with Crippen LogP contribution < -0.4 is 15.6 Å². The van der Waals surface area contributed by atoms with E-state index in [1.807, 2.05) is 54.6 Å². The van der Waals surface area contributed by atoms with Gasteiger partial charge in [-0.25, -0.2) is 13.1 Å². The number of carbonyl (C=O) groups excluding carboxylic acids is 2. The van der Waals surface area contributed by atoms with Crippen molar-refractivity contribution in [1.29, 1.82) is 0 Å². The van der Waals surface area contributed by atoms with E-state index < -0.39 is 15.9 Å². The van der Waals surface area contributed by atoms with Gasteiger partial charge in [0.1, 0.15) is 0 Å². The zero-order valence-corrected chi connectivity index (χ0v) is 19.2. The van der Waals surface area contributed by atoms with E-state index in [2.05, 4.69) is 22.5 Å². The van der Waals surface area contributed by atoms with E-state index in [1.54, 1.807) is 0 Å². The Balaban J connectivity index is 1.52. The minimum absolute atomic E-state index is 0.0343. The van der Waals surface area contributed by atoms with Crippen LogP contribution in [-0.2, 0) is 34.2 Å². The number of hydrazine groups is 1. The van der Waals surface area contributed by atoms with Gasteiger partial charge in [-0.15, -0.1) is 0 Å². The fraction of sp³-hybridized carbons (Fsp3) is 0.200. The number of sulfonamides is 1. The molecule has 172 valence electrons. The molecule has 0 atom stereocenters. The highest BCUT2D eigenvalue weighted by atomic mass is 32.2. The van der Waals surface area contributed by atoms with Crippen LogP contribution in [0.25, 0.3) is 0 Å². The van der Waals surface area contributed by atoms with E-state index in [0.717, 1.165) is 17.5 Å². The smallest absolute Gasteiger partial charge is 0.269 e. The van der Waals surface area contributed by atoms with Crippen LogP contribution in [-0.4, -0.2) is 20.2 Å². The Labute approximate surface area is 194 Å². The summed E-state index contributed by atoms with van der Waals surface area (Å²) in [5.74, 6) is -0.938. The maximum atomic E-state index is 12.6. The van der Waals surface area contributed by atoms with Gasteiger partial charge in [0.15, 0.2) is 0 Å². The summed E-state index contributed by atoms with van der Waals surface area (Å²) in [7, 11) is -3.81. The van der Waals surface area contributed by atoms with Gasteiger partial charge >= 0.3 is 0 Å². The highest BCUT2D eigenvalue weighted by molar-refractivity contribution is 7.89. The lowest BCUT2D eigenvalue weighted by Crippen LogP contribution is -2.41. The molecule has 7 nitrogen and oxygen atoms in total. The zero-order chi connectivity index (χ0) is 23.7. The molecule has 0 saturated heterocycles. The molecule has 3 rings (SSSR count). The van der Waals surface area contributed by atoms with Crippen LogP contribution in [0.5, 0.6) is 0 Å².